The maximum Gasteiger partial charge on any atom is 0.317 e. The minimum atomic E-state index is -3.28. The van der Waals surface area contributed by atoms with Crippen molar-refractivity contribution >= 4 is 17.8 Å². The molecule has 0 bridgehead atoms. The van der Waals surface area contributed by atoms with Gasteiger partial charge < -0.3 is 5.32 Å². The molecule has 7 nitrogen and oxygen atoms in total. The van der Waals surface area contributed by atoms with Gasteiger partial charge in [-0.25, -0.2) is 18.7 Å². The Morgan fingerprint density at radius 1 is 1.03 bits per heavy atom. The topological polar surface area (TPSA) is 96.0 Å². The van der Waals surface area contributed by atoms with Crippen LogP contribution in [0.3, 0.4) is 0 Å². The van der Waals surface area contributed by atoms with Gasteiger partial charge in [-0.3, -0.25) is 20.4 Å². The summed E-state index contributed by atoms with van der Waals surface area (Å²) >= 11 is 0. The van der Waals surface area contributed by atoms with E-state index in [1.54, 1.807) is 10.9 Å². The van der Waals surface area contributed by atoms with Gasteiger partial charge in [0.05, 0.1) is 11.1 Å². The molecule has 1 aliphatic carbocycles. The molecule has 1 fully saturated rings. The van der Waals surface area contributed by atoms with Gasteiger partial charge in [-0.15, -0.1) is 0 Å². The molecule has 0 atom stereocenters. The van der Waals surface area contributed by atoms with Crippen molar-refractivity contribution in [1.29, 1.82) is 0 Å². The van der Waals surface area contributed by atoms with Crippen LogP contribution in [0.15, 0.2) is 30.6 Å². The molecular weight excluding hydrogens is 406 g/mol. The summed E-state index contributed by atoms with van der Waals surface area (Å²) < 4.78 is 52.5. The maximum absolute atomic E-state index is 14.2. The second kappa shape index (κ2) is 9.99. The quantitative estimate of drug-likeness (QED) is 0.503. The number of hydrogen-bond donors (Lipinski definition) is 3. The molecule has 162 valence electrons. The first-order valence-electron chi connectivity index (χ1n) is 9.25. The van der Waals surface area contributed by atoms with Crippen LogP contribution < -0.4 is 16.2 Å². The van der Waals surface area contributed by atoms with Gasteiger partial charge in [-0.1, -0.05) is 19.9 Å². The van der Waals surface area contributed by atoms with Gasteiger partial charge in [0.25, 0.3) is 5.91 Å². The normalized spacial score (nSPS) is 14.1. The number of halogens is 4. The fraction of sp³-hybridized carbons (Fsp3) is 0.368. The van der Waals surface area contributed by atoms with Crippen molar-refractivity contribution in [3.63, 3.8) is 0 Å². The van der Waals surface area contributed by atoms with Crippen LogP contribution in [0.1, 0.15) is 49.0 Å². The zero-order valence-corrected chi connectivity index (χ0v) is 16.3. The number of anilines is 1. The van der Waals surface area contributed by atoms with E-state index in [4.69, 9.17) is 0 Å². The average Bonchev–Trinajstić information content (AvgIpc) is 2.71. The second-order valence-corrected chi connectivity index (χ2v) is 6.20. The third-order valence-electron chi connectivity index (χ3n) is 4.41. The molecule has 0 unspecified atom stereocenters. The summed E-state index contributed by atoms with van der Waals surface area (Å²) in [6, 6.07) is 3.61. The highest BCUT2D eigenvalue weighted by Crippen LogP contribution is 2.45. The number of alkyl halides is 2. The number of rotatable bonds is 5. The van der Waals surface area contributed by atoms with E-state index < -0.39 is 35.4 Å². The summed E-state index contributed by atoms with van der Waals surface area (Å²) in [5.41, 5.74) is 2.13. The van der Waals surface area contributed by atoms with Crippen molar-refractivity contribution in [1.82, 2.24) is 20.8 Å². The second-order valence-electron chi connectivity index (χ2n) is 6.20. The lowest BCUT2D eigenvalue weighted by Gasteiger charge is -2.43. The first-order chi connectivity index (χ1) is 14.3. The third-order valence-corrected chi connectivity index (χ3v) is 4.41. The van der Waals surface area contributed by atoms with Crippen LogP contribution in [0.2, 0.25) is 0 Å². The van der Waals surface area contributed by atoms with Crippen molar-refractivity contribution in [3.8, 4) is 0 Å². The predicted octanol–water partition coefficient (Wildman–Crippen LogP) is 3.30. The Kier molecular flexibility index (Phi) is 7.67. The Balaban J connectivity index is 0.00000155. The SMILES string of the molecule is CC.O=C(NNC(=O)C(F)F)c1cnc(NC2(c3c(F)cccc3F)CCC2)nc1. The Labute approximate surface area is 170 Å². The van der Waals surface area contributed by atoms with Crippen molar-refractivity contribution in [2.24, 2.45) is 0 Å². The number of hydrogen-bond acceptors (Lipinski definition) is 5. The van der Waals surface area contributed by atoms with E-state index in [-0.39, 0.29) is 17.1 Å². The zero-order chi connectivity index (χ0) is 22.3. The van der Waals surface area contributed by atoms with Gasteiger partial charge in [-0.05, 0) is 31.4 Å². The van der Waals surface area contributed by atoms with Crippen LogP contribution in [0.25, 0.3) is 0 Å². The Morgan fingerprint density at radius 2 is 1.60 bits per heavy atom. The Hall–Kier alpha value is -3.24. The number of aromatic nitrogens is 2. The van der Waals surface area contributed by atoms with Crippen LogP contribution in [-0.2, 0) is 10.3 Å². The molecule has 30 heavy (non-hydrogen) atoms. The van der Waals surface area contributed by atoms with Crippen LogP contribution in [0.4, 0.5) is 23.5 Å². The standard InChI is InChI=1S/C17H15F4N5O2.C2H6/c18-10-3-1-4-11(19)12(10)17(5-2-6-17)24-16-22-7-9(8-23-16)14(27)25-26-15(28)13(20)21;1-2/h1,3-4,7-8,13H,2,5-6H2,(H,25,27)(H,26,28)(H,22,23,24);1-2H3. The third kappa shape index (κ3) is 5.02. The summed E-state index contributed by atoms with van der Waals surface area (Å²) in [5, 5.41) is 2.92. The molecule has 0 radical (unpaired) electrons. The molecule has 0 aliphatic heterocycles. The summed E-state index contributed by atoms with van der Waals surface area (Å²) in [4.78, 5) is 30.4. The van der Waals surface area contributed by atoms with E-state index >= 15 is 0 Å². The van der Waals surface area contributed by atoms with Crippen molar-refractivity contribution in [2.75, 3.05) is 5.32 Å². The van der Waals surface area contributed by atoms with Gasteiger partial charge >= 0.3 is 12.3 Å². The largest absolute Gasteiger partial charge is 0.344 e. The highest BCUT2D eigenvalue weighted by Gasteiger charge is 2.43. The van der Waals surface area contributed by atoms with E-state index in [0.717, 1.165) is 18.8 Å². The zero-order valence-electron chi connectivity index (χ0n) is 16.3. The van der Waals surface area contributed by atoms with E-state index in [0.29, 0.717) is 12.8 Å². The molecule has 0 spiro atoms. The van der Waals surface area contributed by atoms with Crippen LogP contribution >= 0.6 is 0 Å². The van der Waals surface area contributed by atoms with Crippen LogP contribution in [0.5, 0.6) is 0 Å². The molecule has 0 saturated heterocycles. The van der Waals surface area contributed by atoms with Gasteiger partial charge in [-0.2, -0.15) is 8.78 Å². The van der Waals surface area contributed by atoms with Crippen LogP contribution in [-0.4, -0.2) is 28.2 Å². The molecule has 3 rings (SSSR count). The number of benzene rings is 1. The number of nitrogens with one attached hydrogen (secondary N) is 3. The molecule has 11 heteroatoms. The number of amides is 2. The lowest BCUT2D eigenvalue weighted by molar-refractivity contribution is -0.132. The Morgan fingerprint density at radius 3 is 2.07 bits per heavy atom. The summed E-state index contributed by atoms with van der Waals surface area (Å²) in [5.74, 6) is -3.89. The van der Waals surface area contributed by atoms with Crippen molar-refractivity contribution in [3.05, 3.63) is 53.4 Å². The Bertz CT molecular complexity index is 869. The number of carbonyl (C=O) groups excluding carboxylic acids is 2. The van der Waals surface area contributed by atoms with E-state index in [1.807, 2.05) is 13.8 Å². The van der Waals surface area contributed by atoms with Gasteiger partial charge in [0.15, 0.2) is 0 Å². The maximum atomic E-state index is 14.2. The lowest BCUT2D eigenvalue weighted by atomic mass is 9.71. The fourth-order valence-electron chi connectivity index (χ4n) is 2.89. The van der Waals surface area contributed by atoms with Crippen LogP contribution in [0, 0.1) is 11.6 Å². The van der Waals surface area contributed by atoms with Gasteiger partial charge in [0.2, 0.25) is 5.95 Å². The minimum Gasteiger partial charge on any atom is -0.344 e. The van der Waals surface area contributed by atoms with Gasteiger partial charge in [0.1, 0.15) is 11.6 Å². The molecule has 3 N–H and O–H groups in total. The molecule has 2 amide bonds. The summed E-state index contributed by atoms with van der Waals surface area (Å²) in [6.07, 6.45) is 0.588. The number of hydrazine groups is 1. The fourth-order valence-corrected chi connectivity index (χ4v) is 2.89. The van der Waals surface area contributed by atoms with Crippen molar-refractivity contribution < 1.29 is 27.2 Å². The summed E-state index contributed by atoms with van der Waals surface area (Å²) in [6.45, 7) is 4.00. The highest BCUT2D eigenvalue weighted by atomic mass is 19.3. The van der Waals surface area contributed by atoms with E-state index in [9.17, 15) is 27.2 Å². The predicted molar refractivity (Wildman–Crippen MR) is 101 cm³/mol. The lowest BCUT2D eigenvalue weighted by Crippen LogP contribution is -2.45. The highest BCUT2D eigenvalue weighted by molar-refractivity contribution is 5.95. The molecule has 2 aromatic rings. The summed E-state index contributed by atoms with van der Waals surface area (Å²) in [7, 11) is 0. The molecular formula is C19H21F4N5O2. The number of nitrogens with zero attached hydrogens (tertiary/aromatic N) is 2. The van der Waals surface area contributed by atoms with E-state index in [2.05, 4.69) is 15.3 Å². The first kappa shape index (κ1) is 23.0. The molecule has 1 aromatic carbocycles. The first-order valence-corrected chi connectivity index (χ1v) is 9.25. The smallest absolute Gasteiger partial charge is 0.317 e. The number of carbonyl (C=O) groups is 2. The van der Waals surface area contributed by atoms with Gasteiger partial charge in [0, 0.05) is 18.0 Å². The molecule has 1 aromatic heterocycles. The minimum absolute atomic E-state index is 0.0375. The molecule has 1 heterocycles. The monoisotopic (exact) mass is 427 g/mol. The molecule has 1 saturated carbocycles. The van der Waals surface area contributed by atoms with Crippen molar-refractivity contribution in [2.45, 2.75) is 45.1 Å². The molecule has 1 aliphatic rings. The average molecular weight is 427 g/mol. The van der Waals surface area contributed by atoms with E-state index in [1.165, 1.54) is 18.2 Å².